The van der Waals surface area contributed by atoms with Gasteiger partial charge < -0.3 is 4.74 Å². The first-order valence-electron chi connectivity index (χ1n) is 9.66. The number of aryl methyl sites for hydroxylation is 1. The van der Waals surface area contributed by atoms with Gasteiger partial charge in [0.2, 0.25) is 5.82 Å². The number of halogens is 4. The first-order chi connectivity index (χ1) is 15.0. The summed E-state index contributed by atoms with van der Waals surface area (Å²) in [6.07, 6.45) is 0. The van der Waals surface area contributed by atoms with Gasteiger partial charge in [-0.3, -0.25) is 0 Å². The fourth-order valence-electron chi connectivity index (χ4n) is 3.29. The quantitative estimate of drug-likeness (QED) is 0.303. The Hall–Kier alpha value is -3.60. The second kappa shape index (κ2) is 8.64. The third-order valence-corrected chi connectivity index (χ3v) is 5.07. The lowest BCUT2D eigenvalue weighted by atomic mass is 10.0. The van der Waals surface area contributed by atoms with Crippen molar-refractivity contribution in [3.63, 3.8) is 0 Å². The minimum Gasteiger partial charge on any atom is -0.486 e. The highest BCUT2D eigenvalue weighted by Gasteiger charge is 2.16. The average molecular weight is 422 g/mol. The highest BCUT2D eigenvalue weighted by molar-refractivity contribution is 5.66. The van der Waals surface area contributed by atoms with Crippen molar-refractivity contribution in [3.05, 3.63) is 113 Å². The predicted octanol–water partition coefficient (Wildman–Crippen LogP) is 7.46. The molecule has 4 rings (SSSR count). The largest absolute Gasteiger partial charge is 0.486 e. The zero-order chi connectivity index (χ0) is 22.0. The first kappa shape index (κ1) is 20.7. The van der Waals surface area contributed by atoms with E-state index in [-0.39, 0.29) is 29.0 Å². The van der Waals surface area contributed by atoms with Crippen LogP contribution in [0.25, 0.3) is 22.3 Å². The molecular weight excluding hydrogens is 404 g/mol. The molecule has 0 heterocycles. The fourth-order valence-corrected chi connectivity index (χ4v) is 3.29. The van der Waals surface area contributed by atoms with Crippen LogP contribution in [0.5, 0.6) is 5.75 Å². The van der Waals surface area contributed by atoms with Crippen LogP contribution in [0.15, 0.2) is 78.9 Å². The monoisotopic (exact) mass is 422 g/mol. The summed E-state index contributed by atoms with van der Waals surface area (Å²) in [5, 5.41) is 0. The van der Waals surface area contributed by atoms with E-state index in [9.17, 15) is 17.6 Å². The lowest BCUT2D eigenvalue weighted by Crippen LogP contribution is -2.00. The molecule has 0 saturated carbocycles. The fraction of sp³-hybridized carbons (Fsp3) is 0.0769. The Labute approximate surface area is 177 Å². The smallest absolute Gasteiger partial charge is 0.201 e. The summed E-state index contributed by atoms with van der Waals surface area (Å²) in [5.41, 5.74) is 2.29. The molecule has 156 valence electrons. The molecule has 0 spiro atoms. The van der Waals surface area contributed by atoms with Crippen molar-refractivity contribution < 1.29 is 22.3 Å². The third kappa shape index (κ3) is 4.17. The summed E-state index contributed by atoms with van der Waals surface area (Å²) in [5.74, 6) is -4.01. The molecule has 5 heteroatoms. The van der Waals surface area contributed by atoms with Crippen molar-refractivity contribution >= 4 is 0 Å². The molecule has 0 N–H and O–H groups in total. The first-order valence-corrected chi connectivity index (χ1v) is 9.66. The van der Waals surface area contributed by atoms with Crippen LogP contribution >= 0.6 is 0 Å². The average Bonchev–Trinajstić information content (AvgIpc) is 2.80. The summed E-state index contributed by atoms with van der Waals surface area (Å²) in [6, 6.07) is 21.2. The Kier molecular flexibility index (Phi) is 5.76. The lowest BCUT2D eigenvalue weighted by molar-refractivity contribution is 0.285. The van der Waals surface area contributed by atoms with E-state index >= 15 is 0 Å². The highest BCUT2D eigenvalue weighted by Crippen LogP contribution is 2.31. The van der Waals surface area contributed by atoms with Gasteiger partial charge in [0.1, 0.15) is 6.61 Å². The molecule has 0 aliphatic heterocycles. The van der Waals surface area contributed by atoms with Crippen molar-refractivity contribution in [2.75, 3.05) is 0 Å². The number of hydrogen-bond donors (Lipinski definition) is 0. The normalized spacial score (nSPS) is 10.9. The van der Waals surface area contributed by atoms with Crippen molar-refractivity contribution in [2.45, 2.75) is 13.5 Å². The van der Waals surface area contributed by atoms with E-state index in [0.717, 1.165) is 0 Å². The Bertz CT molecular complexity index is 1220. The number of hydrogen-bond acceptors (Lipinski definition) is 1. The van der Waals surface area contributed by atoms with Crippen LogP contribution in [0.4, 0.5) is 17.6 Å². The maximum absolute atomic E-state index is 14.5. The summed E-state index contributed by atoms with van der Waals surface area (Å²) in [7, 11) is 0. The van der Waals surface area contributed by atoms with E-state index in [4.69, 9.17) is 4.74 Å². The zero-order valence-electron chi connectivity index (χ0n) is 16.6. The van der Waals surface area contributed by atoms with Crippen LogP contribution in [0.2, 0.25) is 0 Å². The van der Waals surface area contributed by atoms with Gasteiger partial charge in [0.15, 0.2) is 23.2 Å². The molecule has 0 aliphatic rings. The molecule has 0 saturated heterocycles. The van der Waals surface area contributed by atoms with Crippen LogP contribution in [-0.4, -0.2) is 0 Å². The van der Waals surface area contributed by atoms with E-state index < -0.39 is 23.3 Å². The Morgan fingerprint density at radius 3 is 1.84 bits per heavy atom. The Balaban J connectivity index is 1.50. The summed E-state index contributed by atoms with van der Waals surface area (Å²) >= 11 is 0. The molecule has 0 bridgehead atoms. The van der Waals surface area contributed by atoms with Crippen molar-refractivity contribution in [2.24, 2.45) is 0 Å². The van der Waals surface area contributed by atoms with Crippen LogP contribution in [-0.2, 0) is 6.61 Å². The second-order valence-corrected chi connectivity index (χ2v) is 7.15. The number of rotatable bonds is 5. The molecule has 4 aromatic rings. The Morgan fingerprint density at radius 2 is 1.16 bits per heavy atom. The molecule has 4 aromatic carbocycles. The maximum Gasteiger partial charge on any atom is 0.201 e. The molecular formula is C26H18F4O. The van der Waals surface area contributed by atoms with Crippen molar-refractivity contribution in [3.8, 4) is 28.0 Å². The van der Waals surface area contributed by atoms with Gasteiger partial charge in [0.25, 0.3) is 0 Å². The summed E-state index contributed by atoms with van der Waals surface area (Å²) in [6.45, 7) is 1.49. The summed E-state index contributed by atoms with van der Waals surface area (Å²) in [4.78, 5) is 0. The van der Waals surface area contributed by atoms with Gasteiger partial charge in [0, 0.05) is 11.1 Å². The molecule has 31 heavy (non-hydrogen) atoms. The van der Waals surface area contributed by atoms with Crippen LogP contribution in [0, 0.1) is 30.2 Å². The molecule has 0 radical (unpaired) electrons. The van der Waals surface area contributed by atoms with Gasteiger partial charge >= 0.3 is 0 Å². The lowest BCUT2D eigenvalue weighted by Gasteiger charge is -2.11. The van der Waals surface area contributed by atoms with E-state index in [1.54, 1.807) is 54.6 Å². The van der Waals surface area contributed by atoms with Crippen molar-refractivity contribution in [1.29, 1.82) is 0 Å². The topological polar surface area (TPSA) is 9.23 Å². The molecule has 1 nitrogen and oxygen atoms in total. The minimum absolute atomic E-state index is 0.00787. The van der Waals surface area contributed by atoms with Gasteiger partial charge in [-0.1, -0.05) is 66.7 Å². The minimum atomic E-state index is -1.06. The van der Waals surface area contributed by atoms with Gasteiger partial charge in [-0.25, -0.2) is 13.2 Å². The maximum atomic E-state index is 14.5. The molecule has 0 aliphatic carbocycles. The van der Waals surface area contributed by atoms with Gasteiger partial charge in [0.05, 0.1) is 0 Å². The number of benzene rings is 4. The van der Waals surface area contributed by atoms with E-state index in [1.807, 2.05) is 0 Å². The molecule has 0 amide bonds. The molecule has 0 atom stereocenters. The third-order valence-electron chi connectivity index (χ3n) is 5.07. The summed E-state index contributed by atoms with van der Waals surface area (Å²) < 4.78 is 62.4. The van der Waals surface area contributed by atoms with Crippen LogP contribution in [0.1, 0.15) is 11.1 Å². The van der Waals surface area contributed by atoms with Crippen LogP contribution in [0.3, 0.4) is 0 Å². The van der Waals surface area contributed by atoms with E-state index in [1.165, 1.54) is 31.2 Å². The predicted molar refractivity (Wildman–Crippen MR) is 113 cm³/mol. The molecule has 0 fully saturated rings. The SMILES string of the molecule is Cc1ccc(-c2ccc(COc3ccc(-c4ccccc4)c(F)c3F)cc2)c(F)c1F. The van der Waals surface area contributed by atoms with Gasteiger partial charge in [-0.2, -0.15) is 4.39 Å². The van der Waals surface area contributed by atoms with Crippen LogP contribution < -0.4 is 4.74 Å². The van der Waals surface area contributed by atoms with E-state index in [0.29, 0.717) is 16.7 Å². The Morgan fingerprint density at radius 1 is 0.581 bits per heavy atom. The number of ether oxygens (including phenoxy) is 1. The highest BCUT2D eigenvalue weighted by atomic mass is 19.2. The van der Waals surface area contributed by atoms with E-state index in [2.05, 4.69) is 0 Å². The van der Waals surface area contributed by atoms with Gasteiger partial charge in [-0.05, 0) is 41.3 Å². The molecule has 0 aromatic heterocycles. The van der Waals surface area contributed by atoms with Gasteiger partial charge in [-0.15, -0.1) is 0 Å². The second-order valence-electron chi connectivity index (χ2n) is 7.15. The standard InChI is InChI=1S/C26H18F4O/c1-16-7-12-20(24(28)23(16)27)19-10-8-17(9-11-19)15-31-22-14-13-21(25(29)26(22)30)18-5-3-2-4-6-18/h2-14H,15H2,1H3. The zero-order valence-corrected chi connectivity index (χ0v) is 16.6. The molecule has 0 unspecified atom stereocenters. The van der Waals surface area contributed by atoms with Crippen molar-refractivity contribution in [1.82, 2.24) is 0 Å².